The van der Waals surface area contributed by atoms with Crippen molar-refractivity contribution in [3.63, 3.8) is 0 Å². The van der Waals surface area contributed by atoms with Crippen LogP contribution in [0.4, 0.5) is 0 Å². The van der Waals surface area contributed by atoms with Crippen LogP contribution >= 0.6 is 0 Å². The Balaban J connectivity index is 2.05. The third-order valence-corrected chi connectivity index (χ3v) is 2.73. The first-order valence-corrected chi connectivity index (χ1v) is 5.56. The third kappa shape index (κ3) is 1.75. The average Bonchev–Trinajstić information content (AvgIpc) is 2.67. The second-order valence-electron chi connectivity index (χ2n) is 4.04. The van der Waals surface area contributed by atoms with Crippen LogP contribution in [-0.2, 0) is 6.54 Å². The quantitative estimate of drug-likeness (QED) is 0.734. The summed E-state index contributed by atoms with van der Waals surface area (Å²) in [6, 6.07) is 12.2. The number of phenolic OH excluding ortho intramolecular Hbond substituents is 1. The van der Waals surface area contributed by atoms with E-state index < -0.39 is 0 Å². The van der Waals surface area contributed by atoms with E-state index in [2.05, 4.69) is 5.10 Å². The SMILES string of the molecule is O=c1n(Cc2cccc(O)c2)nc2ccccn12. The highest BCUT2D eigenvalue weighted by Gasteiger charge is 2.06. The van der Waals surface area contributed by atoms with E-state index in [-0.39, 0.29) is 11.4 Å². The lowest BCUT2D eigenvalue weighted by Gasteiger charge is -2.00. The van der Waals surface area contributed by atoms with Crippen molar-refractivity contribution < 1.29 is 5.11 Å². The molecule has 0 aliphatic carbocycles. The number of fused-ring (bicyclic) bond motifs is 1. The first kappa shape index (κ1) is 10.6. The highest BCUT2D eigenvalue weighted by Crippen LogP contribution is 2.11. The minimum atomic E-state index is -0.186. The number of hydrogen-bond donors (Lipinski definition) is 1. The van der Waals surface area contributed by atoms with E-state index in [0.29, 0.717) is 12.2 Å². The number of benzene rings is 1. The Hall–Kier alpha value is -2.56. The maximum atomic E-state index is 12.0. The number of aromatic hydroxyl groups is 1. The number of rotatable bonds is 2. The summed E-state index contributed by atoms with van der Waals surface area (Å²) in [7, 11) is 0. The van der Waals surface area contributed by atoms with Crippen LogP contribution in [0, 0.1) is 0 Å². The third-order valence-electron chi connectivity index (χ3n) is 2.73. The van der Waals surface area contributed by atoms with Gasteiger partial charge in [-0.25, -0.2) is 9.48 Å². The van der Waals surface area contributed by atoms with Crippen molar-refractivity contribution in [3.05, 3.63) is 64.7 Å². The van der Waals surface area contributed by atoms with E-state index in [1.807, 2.05) is 12.1 Å². The predicted octanol–water partition coefficient (Wildman–Crippen LogP) is 1.25. The molecule has 18 heavy (non-hydrogen) atoms. The Labute approximate surface area is 103 Å². The van der Waals surface area contributed by atoms with Gasteiger partial charge in [0.15, 0.2) is 5.65 Å². The van der Waals surface area contributed by atoms with Gasteiger partial charge in [0, 0.05) is 6.20 Å². The molecular formula is C13H11N3O2. The molecule has 1 aromatic carbocycles. The van der Waals surface area contributed by atoms with E-state index in [4.69, 9.17) is 0 Å². The monoisotopic (exact) mass is 241 g/mol. The fourth-order valence-electron chi connectivity index (χ4n) is 1.90. The van der Waals surface area contributed by atoms with E-state index >= 15 is 0 Å². The largest absolute Gasteiger partial charge is 0.508 e. The summed E-state index contributed by atoms with van der Waals surface area (Å²) in [5, 5.41) is 13.6. The number of aromatic nitrogens is 3. The van der Waals surface area contributed by atoms with E-state index in [9.17, 15) is 9.90 Å². The summed E-state index contributed by atoms with van der Waals surface area (Å²) >= 11 is 0. The number of phenols is 1. The van der Waals surface area contributed by atoms with Crippen LogP contribution in [0.15, 0.2) is 53.5 Å². The molecule has 0 amide bonds. The standard InChI is InChI=1S/C13H11N3O2/c17-11-5-3-4-10(8-11)9-16-13(18)15-7-2-1-6-12(15)14-16/h1-8,17H,9H2. The van der Waals surface area contributed by atoms with Crippen LogP contribution in [0.25, 0.3) is 5.65 Å². The lowest BCUT2D eigenvalue weighted by molar-refractivity contribution is 0.474. The maximum Gasteiger partial charge on any atom is 0.350 e. The summed E-state index contributed by atoms with van der Waals surface area (Å²) < 4.78 is 2.87. The molecule has 90 valence electrons. The Bertz CT molecular complexity index is 758. The minimum Gasteiger partial charge on any atom is -0.508 e. The molecule has 0 aliphatic heterocycles. The van der Waals surface area contributed by atoms with Crippen molar-refractivity contribution in [1.82, 2.24) is 14.2 Å². The first-order chi connectivity index (χ1) is 8.74. The lowest BCUT2D eigenvalue weighted by Crippen LogP contribution is -2.21. The lowest BCUT2D eigenvalue weighted by atomic mass is 10.2. The Morgan fingerprint density at radius 1 is 1.17 bits per heavy atom. The molecule has 0 saturated heterocycles. The molecular weight excluding hydrogens is 230 g/mol. The van der Waals surface area contributed by atoms with Crippen molar-refractivity contribution in [1.29, 1.82) is 0 Å². The summed E-state index contributed by atoms with van der Waals surface area (Å²) in [4.78, 5) is 12.0. The van der Waals surface area contributed by atoms with Gasteiger partial charge in [0.1, 0.15) is 5.75 Å². The molecule has 2 heterocycles. The van der Waals surface area contributed by atoms with Crippen molar-refractivity contribution in [2.75, 3.05) is 0 Å². The highest BCUT2D eigenvalue weighted by atomic mass is 16.3. The van der Waals surface area contributed by atoms with Crippen LogP contribution in [0.1, 0.15) is 5.56 Å². The Morgan fingerprint density at radius 2 is 2.06 bits per heavy atom. The number of pyridine rings is 1. The second-order valence-corrected chi connectivity index (χ2v) is 4.04. The maximum absolute atomic E-state index is 12.0. The zero-order valence-corrected chi connectivity index (χ0v) is 9.52. The molecule has 0 aliphatic rings. The molecule has 5 heteroatoms. The molecule has 0 atom stereocenters. The van der Waals surface area contributed by atoms with E-state index in [0.717, 1.165) is 5.56 Å². The smallest absolute Gasteiger partial charge is 0.350 e. The molecule has 1 N–H and O–H groups in total. The van der Waals surface area contributed by atoms with E-state index in [1.165, 1.54) is 9.08 Å². The van der Waals surface area contributed by atoms with Crippen LogP contribution in [-0.4, -0.2) is 19.3 Å². The Kier molecular flexibility index (Phi) is 2.37. The van der Waals surface area contributed by atoms with Crippen molar-refractivity contribution in [3.8, 4) is 5.75 Å². The highest BCUT2D eigenvalue weighted by molar-refractivity contribution is 5.35. The predicted molar refractivity (Wildman–Crippen MR) is 66.7 cm³/mol. The molecule has 0 unspecified atom stereocenters. The van der Waals surface area contributed by atoms with Gasteiger partial charge in [0.2, 0.25) is 0 Å². The van der Waals surface area contributed by atoms with Gasteiger partial charge in [0.25, 0.3) is 0 Å². The van der Waals surface area contributed by atoms with Gasteiger partial charge in [-0.3, -0.25) is 4.40 Å². The summed E-state index contributed by atoms with van der Waals surface area (Å²) in [5.74, 6) is 0.185. The Morgan fingerprint density at radius 3 is 2.83 bits per heavy atom. The molecule has 0 spiro atoms. The number of hydrogen-bond acceptors (Lipinski definition) is 3. The zero-order valence-electron chi connectivity index (χ0n) is 9.52. The number of nitrogens with zero attached hydrogens (tertiary/aromatic N) is 3. The molecule has 3 rings (SSSR count). The van der Waals surface area contributed by atoms with Crippen LogP contribution in [0.2, 0.25) is 0 Å². The fraction of sp³-hybridized carbons (Fsp3) is 0.0769. The molecule has 5 nitrogen and oxygen atoms in total. The van der Waals surface area contributed by atoms with Gasteiger partial charge >= 0.3 is 5.69 Å². The normalized spacial score (nSPS) is 10.9. The van der Waals surface area contributed by atoms with Crippen molar-refractivity contribution >= 4 is 5.65 Å². The molecule has 2 aromatic heterocycles. The second kappa shape index (κ2) is 4.03. The first-order valence-electron chi connectivity index (χ1n) is 5.56. The average molecular weight is 241 g/mol. The van der Waals surface area contributed by atoms with Gasteiger partial charge in [-0.1, -0.05) is 18.2 Å². The van der Waals surface area contributed by atoms with Crippen molar-refractivity contribution in [2.24, 2.45) is 0 Å². The molecule has 0 saturated carbocycles. The van der Waals surface area contributed by atoms with Crippen LogP contribution in [0.5, 0.6) is 5.75 Å². The molecule has 3 aromatic rings. The van der Waals surface area contributed by atoms with Gasteiger partial charge in [-0.05, 0) is 29.8 Å². The van der Waals surface area contributed by atoms with Gasteiger partial charge in [-0.15, -0.1) is 5.10 Å². The summed E-state index contributed by atoms with van der Waals surface area (Å²) in [6.07, 6.45) is 1.68. The van der Waals surface area contributed by atoms with Gasteiger partial charge in [0.05, 0.1) is 6.54 Å². The van der Waals surface area contributed by atoms with Crippen LogP contribution in [0.3, 0.4) is 0 Å². The van der Waals surface area contributed by atoms with Gasteiger partial charge in [-0.2, -0.15) is 0 Å². The van der Waals surface area contributed by atoms with Crippen molar-refractivity contribution in [2.45, 2.75) is 6.54 Å². The van der Waals surface area contributed by atoms with E-state index in [1.54, 1.807) is 36.5 Å². The molecule has 0 radical (unpaired) electrons. The fourth-order valence-corrected chi connectivity index (χ4v) is 1.90. The van der Waals surface area contributed by atoms with Gasteiger partial charge < -0.3 is 5.11 Å². The minimum absolute atomic E-state index is 0.185. The van der Waals surface area contributed by atoms with Crippen LogP contribution < -0.4 is 5.69 Å². The summed E-state index contributed by atoms with van der Waals surface area (Å²) in [5.41, 5.74) is 1.26. The topological polar surface area (TPSA) is 59.5 Å². The molecule has 0 bridgehead atoms. The zero-order chi connectivity index (χ0) is 12.5. The molecule has 0 fully saturated rings. The summed E-state index contributed by atoms with van der Waals surface area (Å²) in [6.45, 7) is 0.342.